The van der Waals surface area contributed by atoms with Crippen LogP contribution in [0.2, 0.25) is 0 Å². The van der Waals surface area contributed by atoms with E-state index in [4.69, 9.17) is 9.73 Å². The third-order valence-electron chi connectivity index (χ3n) is 3.51. The van der Waals surface area contributed by atoms with Gasteiger partial charge >= 0.3 is 5.97 Å². The maximum Gasteiger partial charge on any atom is 0.341 e. The second-order valence-electron chi connectivity index (χ2n) is 4.95. The van der Waals surface area contributed by atoms with Gasteiger partial charge < -0.3 is 10.1 Å². The fraction of sp³-hybridized carbons (Fsp3) is 0.769. The highest BCUT2D eigenvalue weighted by molar-refractivity contribution is 8.13. The van der Waals surface area contributed by atoms with Gasteiger partial charge in [-0.2, -0.15) is 0 Å². The van der Waals surface area contributed by atoms with Crippen molar-refractivity contribution in [2.75, 3.05) is 12.9 Å². The van der Waals surface area contributed by atoms with Gasteiger partial charge in [-0.05, 0) is 32.9 Å². The van der Waals surface area contributed by atoms with Gasteiger partial charge in [0.25, 0.3) is 0 Å². The maximum atomic E-state index is 12.2. The van der Waals surface area contributed by atoms with E-state index in [1.54, 1.807) is 13.8 Å². The smallest absolute Gasteiger partial charge is 0.341 e. The zero-order valence-corrected chi connectivity index (χ0v) is 12.5. The summed E-state index contributed by atoms with van der Waals surface area (Å²) in [4.78, 5) is 21.3. The Labute approximate surface area is 118 Å². The molecule has 1 saturated carbocycles. The number of carbonyl (C=O) groups is 1. The lowest BCUT2D eigenvalue weighted by molar-refractivity contribution is -0.146. The Bertz CT molecular complexity index is 416. The molecule has 0 bridgehead atoms. The molecule has 1 unspecified atom stereocenters. The van der Waals surface area contributed by atoms with Crippen LogP contribution in [0.5, 0.6) is 0 Å². The highest BCUT2D eigenvalue weighted by atomic mass is 32.2. The Morgan fingerprint density at radius 1 is 1.58 bits per heavy atom. The van der Waals surface area contributed by atoms with Gasteiger partial charge in [0, 0.05) is 0 Å². The topological polar surface area (TPSA) is 63.0 Å². The third kappa shape index (κ3) is 2.94. The van der Waals surface area contributed by atoms with Crippen LogP contribution in [0.1, 0.15) is 39.5 Å². The maximum absolute atomic E-state index is 12.2. The first-order chi connectivity index (χ1) is 9.10. The van der Waals surface area contributed by atoms with E-state index in [1.165, 1.54) is 24.6 Å². The first-order valence-electron chi connectivity index (χ1n) is 6.76. The number of nitrogens with zero attached hydrogens (tertiary/aromatic N) is 2. The number of ether oxygens (including phenoxy) is 1. The van der Waals surface area contributed by atoms with Crippen LogP contribution in [0.3, 0.4) is 0 Å². The molecule has 19 heavy (non-hydrogen) atoms. The molecular formula is C13H21N3O2S. The van der Waals surface area contributed by atoms with Crippen LogP contribution in [-0.2, 0) is 9.53 Å². The molecule has 1 atom stereocenters. The zero-order chi connectivity index (χ0) is 13.9. The molecule has 1 heterocycles. The number of rotatable bonds is 3. The summed E-state index contributed by atoms with van der Waals surface area (Å²) in [7, 11) is 0. The minimum Gasteiger partial charge on any atom is -0.464 e. The van der Waals surface area contributed by atoms with Crippen molar-refractivity contribution < 1.29 is 9.53 Å². The van der Waals surface area contributed by atoms with Crippen LogP contribution < -0.4 is 5.32 Å². The monoisotopic (exact) mass is 283 g/mol. The van der Waals surface area contributed by atoms with E-state index in [2.05, 4.69) is 10.3 Å². The van der Waals surface area contributed by atoms with Crippen molar-refractivity contribution in [2.45, 2.75) is 51.1 Å². The minimum atomic E-state index is -1.00. The molecule has 106 valence electrons. The molecule has 5 nitrogen and oxygen atoms in total. The molecule has 0 radical (unpaired) electrons. The Morgan fingerprint density at radius 2 is 2.26 bits per heavy atom. The van der Waals surface area contributed by atoms with E-state index in [0.717, 1.165) is 18.0 Å². The minimum absolute atomic E-state index is 0.313. The molecule has 0 saturated heterocycles. The van der Waals surface area contributed by atoms with Crippen LogP contribution in [0.15, 0.2) is 9.98 Å². The molecule has 0 aromatic carbocycles. The fourth-order valence-corrected chi connectivity index (χ4v) is 2.86. The molecule has 1 aliphatic heterocycles. The van der Waals surface area contributed by atoms with Gasteiger partial charge in [-0.3, -0.25) is 4.99 Å². The summed E-state index contributed by atoms with van der Waals surface area (Å²) in [6.07, 6.45) is 6.55. The van der Waals surface area contributed by atoms with Gasteiger partial charge in [0.1, 0.15) is 5.84 Å². The van der Waals surface area contributed by atoms with Crippen molar-refractivity contribution >= 4 is 28.7 Å². The van der Waals surface area contributed by atoms with E-state index in [0.29, 0.717) is 18.5 Å². The zero-order valence-electron chi connectivity index (χ0n) is 11.7. The fourth-order valence-electron chi connectivity index (χ4n) is 2.39. The quantitative estimate of drug-likeness (QED) is 0.804. The Morgan fingerprint density at radius 3 is 2.84 bits per heavy atom. The first kappa shape index (κ1) is 14.4. The molecule has 1 fully saturated rings. The summed E-state index contributed by atoms with van der Waals surface area (Å²) in [6.45, 7) is 3.93. The first-order valence-corrected chi connectivity index (χ1v) is 7.99. The number of esters is 1. The molecule has 0 aromatic rings. The second-order valence-corrected chi connectivity index (χ2v) is 5.75. The van der Waals surface area contributed by atoms with Crippen molar-refractivity contribution in [3.63, 3.8) is 0 Å². The average Bonchev–Trinajstić information content (AvgIpc) is 3.00. The molecule has 0 spiro atoms. The highest BCUT2D eigenvalue weighted by Crippen LogP contribution is 2.26. The van der Waals surface area contributed by atoms with E-state index in [9.17, 15) is 4.79 Å². The molecule has 0 amide bonds. The molecule has 0 aromatic heterocycles. The molecule has 1 aliphatic carbocycles. The number of nitrogens with one attached hydrogen (secondary N) is 1. The standard InChI is InChI=1S/C13H21N3O2S/c1-4-18-11(17)13(2)10(15-12(16-13)19-3)14-9-7-5-6-8-9/h9H,4-8H2,1-3H3,(H,14,15,16). The average molecular weight is 283 g/mol. The van der Waals surface area contributed by atoms with Crippen LogP contribution in [0.25, 0.3) is 0 Å². The van der Waals surface area contributed by atoms with Crippen molar-refractivity contribution in [1.29, 1.82) is 0 Å². The Hall–Kier alpha value is -1.04. The predicted molar refractivity (Wildman–Crippen MR) is 78.8 cm³/mol. The van der Waals surface area contributed by atoms with E-state index in [1.807, 2.05) is 6.26 Å². The van der Waals surface area contributed by atoms with E-state index >= 15 is 0 Å². The summed E-state index contributed by atoms with van der Waals surface area (Å²) in [5.74, 6) is 0.311. The Kier molecular flexibility index (Phi) is 4.50. The van der Waals surface area contributed by atoms with Crippen molar-refractivity contribution in [3.05, 3.63) is 0 Å². The molecule has 2 rings (SSSR count). The summed E-state index contributed by atoms with van der Waals surface area (Å²) in [5.41, 5.74) is -1.00. The van der Waals surface area contributed by atoms with E-state index in [-0.39, 0.29) is 5.97 Å². The number of carbonyl (C=O) groups excluding carboxylic acids is 1. The summed E-state index contributed by atoms with van der Waals surface area (Å²) < 4.78 is 5.14. The SMILES string of the molecule is CCOC(=O)C1(C)N=C(SC)NC1=NC1CCCC1. The van der Waals surface area contributed by atoms with Gasteiger partial charge in [-0.1, -0.05) is 24.6 Å². The van der Waals surface area contributed by atoms with Gasteiger partial charge in [0.05, 0.1) is 12.6 Å². The lowest BCUT2D eigenvalue weighted by Crippen LogP contribution is -2.45. The summed E-state index contributed by atoms with van der Waals surface area (Å²) in [5, 5.41) is 3.89. The predicted octanol–water partition coefficient (Wildman–Crippen LogP) is 1.97. The number of hydrogen-bond donors (Lipinski definition) is 1. The molecule has 2 aliphatic rings. The number of amidine groups is 2. The van der Waals surface area contributed by atoms with E-state index < -0.39 is 5.54 Å². The second kappa shape index (κ2) is 5.94. The normalized spacial score (nSPS) is 29.4. The van der Waals surface area contributed by atoms with Crippen LogP contribution in [0, 0.1) is 0 Å². The van der Waals surface area contributed by atoms with Gasteiger partial charge in [-0.15, -0.1) is 0 Å². The van der Waals surface area contributed by atoms with Gasteiger partial charge in [-0.25, -0.2) is 9.79 Å². The van der Waals surface area contributed by atoms with Crippen LogP contribution in [0.4, 0.5) is 0 Å². The molecular weight excluding hydrogens is 262 g/mol. The molecule has 1 N–H and O–H groups in total. The number of aliphatic imine (C=N–C) groups is 2. The summed E-state index contributed by atoms with van der Waals surface area (Å²) in [6, 6.07) is 0.313. The van der Waals surface area contributed by atoms with Crippen molar-refractivity contribution in [2.24, 2.45) is 9.98 Å². The van der Waals surface area contributed by atoms with Gasteiger partial charge in [0.15, 0.2) is 5.17 Å². The lowest BCUT2D eigenvalue weighted by atomic mass is 10.0. The number of thioether (sulfide) groups is 1. The van der Waals surface area contributed by atoms with Gasteiger partial charge in [0.2, 0.25) is 5.54 Å². The third-order valence-corrected chi connectivity index (χ3v) is 4.09. The van der Waals surface area contributed by atoms with Crippen LogP contribution in [-0.4, -0.2) is 41.4 Å². The lowest BCUT2D eigenvalue weighted by Gasteiger charge is -2.20. The van der Waals surface area contributed by atoms with Crippen molar-refractivity contribution in [3.8, 4) is 0 Å². The van der Waals surface area contributed by atoms with Crippen molar-refractivity contribution in [1.82, 2.24) is 5.32 Å². The largest absolute Gasteiger partial charge is 0.464 e. The summed E-state index contributed by atoms with van der Waals surface area (Å²) >= 11 is 1.48. The number of hydrogen-bond acceptors (Lipinski definition) is 5. The van der Waals surface area contributed by atoms with Crippen LogP contribution >= 0.6 is 11.8 Å². The molecule has 6 heteroatoms. The Balaban J connectivity index is 2.24. The highest BCUT2D eigenvalue weighted by Gasteiger charge is 2.45.